The maximum absolute atomic E-state index is 11.4. The van der Waals surface area contributed by atoms with Gasteiger partial charge < -0.3 is 0 Å². The summed E-state index contributed by atoms with van der Waals surface area (Å²) in [4.78, 5) is 0. The van der Waals surface area contributed by atoms with Crippen molar-refractivity contribution in [3.8, 4) is 6.07 Å². The van der Waals surface area contributed by atoms with Gasteiger partial charge in [-0.3, -0.25) is 0 Å². The van der Waals surface area contributed by atoms with Crippen molar-refractivity contribution < 1.29 is 8.42 Å². The first-order valence-corrected chi connectivity index (χ1v) is 6.51. The average molecular weight is 218 g/mol. The largest absolute Gasteiger partial charge is 0.227 e. The monoisotopic (exact) mass is 218 g/mol. The lowest BCUT2D eigenvalue weighted by Gasteiger charge is -2.09. The Hall–Kier alpha value is -0.600. The Labute approximate surface area is 86.4 Å². The minimum absolute atomic E-state index is 0.342. The topological polar surface area (TPSA) is 70.0 Å². The van der Waals surface area contributed by atoms with E-state index in [9.17, 15) is 8.42 Å². The second-order valence-electron chi connectivity index (χ2n) is 3.16. The molecule has 5 heteroatoms. The zero-order valence-electron chi connectivity index (χ0n) is 8.78. The lowest BCUT2D eigenvalue weighted by molar-refractivity contribution is 0.566. The van der Waals surface area contributed by atoms with Gasteiger partial charge in [-0.05, 0) is 6.42 Å². The molecule has 0 saturated heterocycles. The van der Waals surface area contributed by atoms with Crippen molar-refractivity contribution in [3.63, 3.8) is 0 Å². The summed E-state index contributed by atoms with van der Waals surface area (Å²) in [5.74, 6) is 0. The number of unbranched alkanes of at least 4 members (excludes halogenated alkanes) is 2. The normalized spacial score (nSPS) is 13.5. The van der Waals surface area contributed by atoms with Crippen LogP contribution in [-0.4, -0.2) is 20.2 Å². The molecule has 0 amide bonds. The molecule has 0 aliphatic rings. The van der Waals surface area contributed by atoms with Crippen molar-refractivity contribution in [2.45, 2.75) is 44.8 Å². The molecule has 0 aromatic carbocycles. The van der Waals surface area contributed by atoms with Crippen LogP contribution in [0.2, 0.25) is 0 Å². The molecule has 1 unspecified atom stereocenters. The Morgan fingerprint density at radius 2 is 2.00 bits per heavy atom. The third kappa shape index (κ3) is 4.58. The number of hydrogen-bond acceptors (Lipinski definition) is 3. The molecule has 0 radical (unpaired) electrons. The first-order valence-electron chi connectivity index (χ1n) is 4.96. The molecule has 1 N–H and O–H groups in total. The van der Waals surface area contributed by atoms with Gasteiger partial charge in [-0.15, -0.1) is 0 Å². The molecule has 0 spiro atoms. The van der Waals surface area contributed by atoms with Crippen LogP contribution in [0.3, 0.4) is 0 Å². The summed E-state index contributed by atoms with van der Waals surface area (Å²) in [6.45, 7) is 4.09. The van der Waals surface area contributed by atoms with Crippen molar-refractivity contribution in [1.29, 1.82) is 5.26 Å². The molecule has 0 bridgehead atoms. The molecule has 0 aliphatic carbocycles. The van der Waals surface area contributed by atoms with Crippen LogP contribution in [0.5, 0.6) is 0 Å². The van der Waals surface area contributed by atoms with Gasteiger partial charge in [-0.2, -0.15) is 5.26 Å². The van der Waals surface area contributed by atoms with Gasteiger partial charge in [0.2, 0.25) is 10.0 Å². The third-order valence-electron chi connectivity index (χ3n) is 1.93. The van der Waals surface area contributed by atoms with Crippen molar-refractivity contribution >= 4 is 10.0 Å². The number of hydrogen-bond donors (Lipinski definition) is 1. The molecule has 0 aliphatic heterocycles. The first-order chi connectivity index (χ1) is 6.58. The Bertz CT molecular complexity index is 280. The van der Waals surface area contributed by atoms with E-state index >= 15 is 0 Å². The van der Waals surface area contributed by atoms with Crippen molar-refractivity contribution in [1.82, 2.24) is 4.72 Å². The Morgan fingerprint density at radius 3 is 2.43 bits per heavy atom. The summed E-state index contributed by atoms with van der Waals surface area (Å²) >= 11 is 0. The van der Waals surface area contributed by atoms with Crippen molar-refractivity contribution in [3.05, 3.63) is 0 Å². The maximum atomic E-state index is 11.4. The predicted octanol–water partition coefficient (Wildman–Crippen LogP) is 1.40. The highest BCUT2D eigenvalue weighted by atomic mass is 32.2. The lowest BCUT2D eigenvalue weighted by atomic mass is 10.2. The number of sulfonamides is 1. The molecule has 0 saturated carbocycles. The quantitative estimate of drug-likeness (QED) is 0.657. The lowest BCUT2D eigenvalue weighted by Crippen LogP contribution is -2.33. The molecule has 4 nitrogen and oxygen atoms in total. The van der Waals surface area contributed by atoms with E-state index in [1.54, 1.807) is 6.92 Å². The molecular formula is C9H18N2O2S. The van der Waals surface area contributed by atoms with Crippen LogP contribution in [-0.2, 0) is 10.0 Å². The van der Waals surface area contributed by atoms with E-state index in [2.05, 4.69) is 4.72 Å². The highest BCUT2D eigenvalue weighted by Gasteiger charge is 2.23. The average Bonchev–Trinajstić information content (AvgIpc) is 2.12. The summed E-state index contributed by atoms with van der Waals surface area (Å²) in [6, 6.07) is 1.84. The van der Waals surface area contributed by atoms with Crippen LogP contribution in [0.15, 0.2) is 0 Å². The minimum atomic E-state index is -3.41. The van der Waals surface area contributed by atoms with E-state index in [0.717, 1.165) is 19.3 Å². The predicted molar refractivity (Wildman–Crippen MR) is 56.1 cm³/mol. The fraction of sp³-hybridized carbons (Fsp3) is 0.889. The standard InChI is InChI=1S/C9H18N2O2S/c1-3-5-6-7-9(8-10)14(12,13)11-4-2/h9,11H,3-7H2,1-2H3. The molecule has 1 atom stereocenters. The molecule has 0 aromatic rings. The number of rotatable bonds is 7. The molecule has 0 fully saturated rings. The summed E-state index contributed by atoms with van der Waals surface area (Å²) in [5, 5.41) is 7.82. The van der Waals surface area contributed by atoms with E-state index < -0.39 is 15.3 Å². The first kappa shape index (κ1) is 13.4. The highest BCUT2D eigenvalue weighted by molar-refractivity contribution is 7.90. The van der Waals surface area contributed by atoms with Gasteiger partial charge in [0.15, 0.2) is 5.25 Å². The van der Waals surface area contributed by atoms with Crippen molar-refractivity contribution in [2.75, 3.05) is 6.54 Å². The van der Waals surface area contributed by atoms with E-state index in [-0.39, 0.29) is 0 Å². The van der Waals surface area contributed by atoms with Crippen LogP contribution < -0.4 is 4.72 Å². The molecule has 0 heterocycles. The van der Waals surface area contributed by atoms with Crippen LogP contribution in [0.4, 0.5) is 0 Å². The fourth-order valence-corrected chi connectivity index (χ4v) is 2.39. The van der Waals surface area contributed by atoms with Gasteiger partial charge in [-0.1, -0.05) is 33.1 Å². The Kier molecular flexibility index (Phi) is 6.50. The van der Waals surface area contributed by atoms with Gasteiger partial charge in [0.25, 0.3) is 0 Å². The van der Waals surface area contributed by atoms with Gasteiger partial charge in [0, 0.05) is 6.54 Å². The maximum Gasteiger partial charge on any atom is 0.227 e. The van der Waals surface area contributed by atoms with E-state index in [1.807, 2.05) is 13.0 Å². The van der Waals surface area contributed by atoms with Crippen LogP contribution in [0.25, 0.3) is 0 Å². The summed E-state index contributed by atoms with van der Waals surface area (Å²) in [7, 11) is -3.41. The minimum Gasteiger partial charge on any atom is -0.214 e. The second-order valence-corrected chi connectivity index (χ2v) is 5.10. The molecule has 14 heavy (non-hydrogen) atoms. The SMILES string of the molecule is CCCCCC(C#N)S(=O)(=O)NCC. The zero-order chi connectivity index (χ0) is 11.0. The van der Waals surface area contributed by atoms with E-state index in [0.29, 0.717) is 13.0 Å². The van der Waals surface area contributed by atoms with Crippen LogP contribution in [0, 0.1) is 11.3 Å². The summed E-state index contributed by atoms with van der Waals surface area (Å²) in [6.07, 6.45) is 3.22. The third-order valence-corrected chi connectivity index (χ3v) is 3.72. The summed E-state index contributed by atoms with van der Waals surface area (Å²) in [5.41, 5.74) is 0. The van der Waals surface area contributed by atoms with Gasteiger partial charge in [0.05, 0.1) is 6.07 Å². The molecule has 82 valence electrons. The van der Waals surface area contributed by atoms with Crippen molar-refractivity contribution in [2.24, 2.45) is 0 Å². The zero-order valence-corrected chi connectivity index (χ0v) is 9.60. The molecular weight excluding hydrogens is 200 g/mol. The second kappa shape index (κ2) is 6.80. The summed E-state index contributed by atoms with van der Waals surface area (Å²) < 4.78 is 25.2. The number of nitriles is 1. The van der Waals surface area contributed by atoms with Gasteiger partial charge >= 0.3 is 0 Å². The number of nitrogens with zero attached hydrogens (tertiary/aromatic N) is 1. The molecule has 0 aromatic heterocycles. The fourth-order valence-electron chi connectivity index (χ4n) is 1.17. The number of nitrogens with one attached hydrogen (secondary N) is 1. The van der Waals surface area contributed by atoms with E-state index in [1.165, 1.54) is 0 Å². The Balaban J connectivity index is 4.21. The molecule has 0 rings (SSSR count). The van der Waals surface area contributed by atoms with E-state index in [4.69, 9.17) is 5.26 Å². The van der Waals surface area contributed by atoms with Crippen LogP contribution >= 0.6 is 0 Å². The van der Waals surface area contributed by atoms with Crippen LogP contribution in [0.1, 0.15) is 39.5 Å². The van der Waals surface area contributed by atoms with Gasteiger partial charge in [0.1, 0.15) is 0 Å². The smallest absolute Gasteiger partial charge is 0.214 e. The Morgan fingerprint density at radius 1 is 1.36 bits per heavy atom. The highest BCUT2D eigenvalue weighted by Crippen LogP contribution is 2.09. The van der Waals surface area contributed by atoms with Gasteiger partial charge in [-0.25, -0.2) is 13.1 Å².